The van der Waals surface area contributed by atoms with Gasteiger partial charge in [-0.2, -0.15) is 11.8 Å². The predicted molar refractivity (Wildman–Crippen MR) is 93.4 cm³/mol. The molecule has 1 N–H and O–H groups in total. The van der Waals surface area contributed by atoms with Crippen LogP contribution in [0.1, 0.15) is 37.8 Å². The Kier molecular flexibility index (Phi) is 6.17. The molecule has 0 bridgehead atoms. The van der Waals surface area contributed by atoms with Gasteiger partial charge >= 0.3 is 0 Å². The average Bonchev–Trinajstić information content (AvgIpc) is 2.82. The summed E-state index contributed by atoms with van der Waals surface area (Å²) < 4.78 is 5.22. The van der Waals surface area contributed by atoms with E-state index < -0.39 is 0 Å². The Morgan fingerprint density at radius 2 is 2.27 bits per heavy atom. The first-order valence-electron chi connectivity index (χ1n) is 8.09. The van der Waals surface area contributed by atoms with E-state index in [4.69, 9.17) is 9.52 Å². The van der Waals surface area contributed by atoms with Gasteiger partial charge in [0.15, 0.2) is 5.96 Å². The topological polar surface area (TPSA) is 53.7 Å². The molecule has 0 saturated carbocycles. The standard InChI is InChI=1S/C16H28N4OS/c1-6-17-16(18-9-14-12(4)19-21-13(14)5)20-7-8-22-15(10-20)11(2)3/h11,15H,6-10H2,1-5H3,(H,17,18). The lowest BCUT2D eigenvalue weighted by molar-refractivity contribution is 0.380. The van der Waals surface area contributed by atoms with Crippen molar-refractivity contribution in [2.24, 2.45) is 10.9 Å². The highest BCUT2D eigenvalue weighted by molar-refractivity contribution is 8.00. The molecular formula is C16H28N4OS. The molecule has 0 radical (unpaired) electrons. The number of guanidine groups is 1. The molecule has 0 aliphatic carbocycles. The van der Waals surface area contributed by atoms with E-state index in [-0.39, 0.29) is 0 Å². The predicted octanol–water partition coefficient (Wildman–Crippen LogP) is 2.83. The monoisotopic (exact) mass is 324 g/mol. The van der Waals surface area contributed by atoms with Crippen molar-refractivity contribution in [1.29, 1.82) is 0 Å². The fourth-order valence-electron chi connectivity index (χ4n) is 2.58. The molecule has 1 fully saturated rings. The van der Waals surface area contributed by atoms with Crippen molar-refractivity contribution in [2.45, 2.75) is 46.4 Å². The fourth-order valence-corrected chi connectivity index (χ4v) is 3.88. The summed E-state index contributed by atoms with van der Waals surface area (Å²) in [5, 5.41) is 8.11. The van der Waals surface area contributed by atoms with E-state index >= 15 is 0 Å². The number of aryl methyl sites for hydroxylation is 2. The number of nitrogens with one attached hydrogen (secondary N) is 1. The Hall–Kier alpha value is -1.17. The van der Waals surface area contributed by atoms with Crippen molar-refractivity contribution in [3.05, 3.63) is 17.0 Å². The Labute approximate surface area is 137 Å². The van der Waals surface area contributed by atoms with Gasteiger partial charge in [-0.25, -0.2) is 4.99 Å². The minimum atomic E-state index is 0.624. The quantitative estimate of drug-likeness (QED) is 0.682. The van der Waals surface area contributed by atoms with Gasteiger partial charge in [0.25, 0.3) is 0 Å². The van der Waals surface area contributed by atoms with Crippen molar-refractivity contribution >= 4 is 17.7 Å². The molecule has 0 amide bonds. The number of thioether (sulfide) groups is 1. The molecule has 1 atom stereocenters. The van der Waals surface area contributed by atoms with Crippen LogP contribution in [0.5, 0.6) is 0 Å². The van der Waals surface area contributed by atoms with E-state index in [1.54, 1.807) is 0 Å². The van der Waals surface area contributed by atoms with Crippen LogP contribution in [0.3, 0.4) is 0 Å². The zero-order chi connectivity index (χ0) is 16.1. The summed E-state index contributed by atoms with van der Waals surface area (Å²) in [6.45, 7) is 14.3. The zero-order valence-electron chi connectivity index (χ0n) is 14.3. The summed E-state index contributed by atoms with van der Waals surface area (Å²) in [5.74, 6) is 3.73. The molecule has 1 unspecified atom stereocenters. The second-order valence-electron chi connectivity index (χ2n) is 6.07. The van der Waals surface area contributed by atoms with Crippen molar-refractivity contribution in [3.63, 3.8) is 0 Å². The van der Waals surface area contributed by atoms with Gasteiger partial charge in [0.2, 0.25) is 0 Å². The molecule has 2 rings (SSSR count). The first-order valence-corrected chi connectivity index (χ1v) is 9.14. The van der Waals surface area contributed by atoms with Gasteiger partial charge in [0.05, 0.1) is 12.2 Å². The lowest BCUT2D eigenvalue weighted by Gasteiger charge is -2.36. The van der Waals surface area contributed by atoms with Crippen molar-refractivity contribution in [3.8, 4) is 0 Å². The number of aromatic nitrogens is 1. The molecule has 22 heavy (non-hydrogen) atoms. The van der Waals surface area contributed by atoms with E-state index in [1.807, 2.05) is 13.8 Å². The number of nitrogens with zero attached hydrogens (tertiary/aromatic N) is 3. The Morgan fingerprint density at radius 3 is 2.86 bits per heavy atom. The third-order valence-electron chi connectivity index (χ3n) is 4.04. The first kappa shape index (κ1) is 17.2. The molecule has 1 saturated heterocycles. The smallest absolute Gasteiger partial charge is 0.194 e. The number of hydrogen-bond acceptors (Lipinski definition) is 4. The van der Waals surface area contributed by atoms with Crippen LogP contribution in [0.4, 0.5) is 0 Å². The Balaban J connectivity index is 2.10. The summed E-state index contributed by atoms with van der Waals surface area (Å²) in [4.78, 5) is 7.21. The largest absolute Gasteiger partial charge is 0.361 e. The first-order chi connectivity index (χ1) is 10.5. The molecule has 1 aromatic rings. The van der Waals surface area contributed by atoms with Crippen LogP contribution in [0.2, 0.25) is 0 Å². The number of aliphatic imine (C=N–C) groups is 1. The maximum Gasteiger partial charge on any atom is 0.194 e. The van der Waals surface area contributed by atoms with E-state index in [9.17, 15) is 0 Å². The molecule has 1 aromatic heterocycles. The van der Waals surface area contributed by atoms with E-state index in [0.717, 1.165) is 42.6 Å². The van der Waals surface area contributed by atoms with Gasteiger partial charge < -0.3 is 14.7 Å². The molecule has 1 aliphatic heterocycles. The third kappa shape index (κ3) is 4.18. The second-order valence-corrected chi connectivity index (χ2v) is 7.42. The molecular weight excluding hydrogens is 296 g/mol. The molecule has 5 nitrogen and oxygen atoms in total. The van der Waals surface area contributed by atoms with Crippen LogP contribution >= 0.6 is 11.8 Å². The molecule has 6 heteroatoms. The van der Waals surface area contributed by atoms with Crippen LogP contribution in [0, 0.1) is 19.8 Å². The van der Waals surface area contributed by atoms with Crippen molar-refractivity contribution < 1.29 is 4.52 Å². The molecule has 0 aromatic carbocycles. The lowest BCUT2D eigenvalue weighted by Crippen LogP contribution is -2.49. The minimum Gasteiger partial charge on any atom is -0.361 e. The molecule has 0 spiro atoms. The normalized spacial score (nSPS) is 19.8. The zero-order valence-corrected chi connectivity index (χ0v) is 15.2. The lowest BCUT2D eigenvalue weighted by atomic mass is 10.1. The average molecular weight is 324 g/mol. The highest BCUT2D eigenvalue weighted by atomic mass is 32.2. The molecule has 124 valence electrons. The Morgan fingerprint density at radius 1 is 1.50 bits per heavy atom. The van der Waals surface area contributed by atoms with Gasteiger partial charge in [-0.15, -0.1) is 0 Å². The highest BCUT2D eigenvalue weighted by Gasteiger charge is 2.25. The maximum atomic E-state index is 5.22. The van der Waals surface area contributed by atoms with E-state index in [0.29, 0.717) is 17.7 Å². The third-order valence-corrected chi connectivity index (χ3v) is 5.58. The summed E-state index contributed by atoms with van der Waals surface area (Å²) in [6.07, 6.45) is 0. The summed E-state index contributed by atoms with van der Waals surface area (Å²) in [7, 11) is 0. The summed E-state index contributed by atoms with van der Waals surface area (Å²) in [6, 6.07) is 0. The fraction of sp³-hybridized carbons (Fsp3) is 0.750. The minimum absolute atomic E-state index is 0.624. The summed E-state index contributed by atoms with van der Waals surface area (Å²) >= 11 is 2.08. The van der Waals surface area contributed by atoms with Gasteiger partial charge in [-0.05, 0) is 26.7 Å². The maximum absolute atomic E-state index is 5.22. The number of hydrogen-bond donors (Lipinski definition) is 1. The van der Waals surface area contributed by atoms with Gasteiger partial charge in [0.1, 0.15) is 5.76 Å². The van der Waals surface area contributed by atoms with Crippen LogP contribution < -0.4 is 5.32 Å². The van der Waals surface area contributed by atoms with Gasteiger partial charge in [-0.3, -0.25) is 0 Å². The van der Waals surface area contributed by atoms with E-state index in [1.165, 1.54) is 5.75 Å². The van der Waals surface area contributed by atoms with E-state index in [2.05, 4.69) is 47.9 Å². The van der Waals surface area contributed by atoms with Crippen molar-refractivity contribution in [1.82, 2.24) is 15.4 Å². The Bertz CT molecular complexity index is 493. The van der Waals surface area contributed by atoms with Crippen LogP contribution in [0.25, 0.3) is 0 Å². The highest BCUT2D eigenvalue weighted by Crippen LogP contribution is 2.25. The SMILES string of the molecule is CCNC(=NCc1c(C)noc1C)N1CCSC(C(C)C)C1. The molecule has 2 heterocycles. The van der Waals surface area contributed by atoms with Crippen LogP contribution in [-0.4, -0.2) is 46.7 Å². The van der Waals surface area contributed by atoms with Gasteiger partial charge in [0, 0.05) is 36.2 Å². The van der Waals surface area contributed by atoms with Crippen molar-refractivity contribution in [2.75, 3.05) is 25.4 Å². The van der Waals surface area contributed by atoms with Gasteiger partial charge in [-0.1, -0.05) is 19.0 Å². The molecule has 1 aliphatic rings. The van der Waals surface area contributed by atoms with Crippen LogP contribution in [-0.2, 0) is 6.54 Å². The summed E-state index contributed by atoms with van der Waals surface area (Å²) in [5.41, 5.74) is 2.04. The van der Waals surface area contributed by atoms with Crippen LogP contribution in [0.15, 0.2) is 9.52 Å². The number of rotatable bonds is 4. The second kappa shape index (κ2) is 7.90.